The van der Waals surface area contributed by atoms with E-state index >= 15 is 0 Å². The molecule has 0 saturated heterocycles. The molecule has 0 spiro atoms. The van der Waals surface area contributed by atoms with E-state index in [9.17, 15) is 18.0 Å². The van der Waals surface area contributed by atoms with E-state index in [0.717, 1.165) is 29.8 Å². The molecule has 26 heavy (non-hydrogen) atoms. The van der Waals surface area contributed by atoms with Crippen LogP contribution in [0.2, 0.25) is 0 Å². The van der Waals surface area contributed by atoms with E-state index in [-0.39, 0.29) is 5.56 Å². The van der Waals surface area contributed by atoms with Crippen LogP contribution in [0, 0.1) is 0 Å². The number of carbonyl (C=O) groups is 1. The molecule has 0 radical (unpaired) electrons. The van der Waals surface area contributed by atoms with E-state index in [1.807, 2.05) is 30.3 Å². The Morgan fingerprint density at radius 3 is 2.19 bits per heavy atom. The maximum Gasteiger partial charge on any atom is 0.416 e. The zero-order valence-corrected chi connectivity index (χ0v) is 13.5. The zero-order chi connectivity index (χ0) is 18.6. The minimum atomic E-state index is -4.44. The molecule has 0 aliphatic carbocycles. The first-order valence-electron chi connectivity index (χ1n) is 7.80. The van der Waals surface area contributed by atoms with E-state index in [1.54, 1.807) is 0 Å². The van der Waals surface area contributed by atoms with Crippen LogP contribution in [0.15, 0.2) is 67.0 Å². The van der Waals surface area contributed by atoms with E-state index in [4.69, 9.17) is 0 Å². The lowest BCUT2D eigenvalue weighted by Crippen LogP contribution is -2.32. The Hall–Kier alpha value is -3.16. The van der Waals surface area contributed by atoms with Crippen molar-refractivity contribution in [1.82, 2.24) is 20.3 Å². The summed E-state index contributed by atoms with van der Waals surface area (Å²) in [6, 6.07) is 12.9. The van der Waals surface area contributed by atoms with Crippen LogP contribution in [-0.2, 0) is 12.7 Å². The fourth-order valence-electron chi connectivity index (χ4n) is 2.47. The Labute approximate surface area is 147 Å². The van der Waals surface area contributed by atoms with Crippen molar-refractivity contribution in [2.45, 2.75) is 18.8 Å². The highest BCUT2D eigenvalue weighted by Gasteiger charge is 2.30. The van der Waals surface area contributed by atoms with Crippen LogP contribution < -0.4 is 5.32 Å². The summed E-state index contributed by atoms with van der Waals surface area (Å²) in [7, 11) is 0. The number of carbonyl (C=O) groups excluding carboxylic acids is 1. The van der Waals surface area contributed by atoms with Crippen LogP contribution in [0.3, 0.4) is 0 Å². The first-order valence-corrected chi connectivity index (χ1v) is 7.80. The highest BCUT2D eigenvalue weighted by molar-refractivity contribution is 5.94. The third-order valence-electron chi connectivity index (χ3n) is 3.79. The summed E-state index contributed by atoms with van der Waals surface area (Å²) in [4.78, 5) is 13.9. The lowest BCUT2D eigenvalue weighted by Gasteiger charge is -2.19. The average molecular weight is 360 g/mol. The number of benzene rings is 2. The maximum absolute atomic E-state index is 12.6. The van der Waals surface area contributed by atoms with Crippen molar-refractivity contribution >= 4 is 5.91 Å². The molecule has 0 saturated carbocycles. The Morgan fingerprint density at radius 2 is 1.62 bits per heavy atom. The molecular formula is C18H15F3N4O. The molecular weight excluding hydrogens is 345 g/mol. The van der Waals surface area contributed by atoms with Crippen LogP contribution in [0.4, 0.5) is 13.2 Å². The van der Waals surface area contributed by atoms with Crippen molar-refractivity contribution in [3.8, 4) is 0 Å². The molecule has 1 N–H and O–H groups in total. The Kier molecular flexibility index (Phi) is 5.01. The monoisotopic (exact) mass is 360 g/mol. The molecule has 0 aliphatic heterocycles. The molecule has 0 bridgehead atoms. The number of alkyl halides is 3. The quantitative estimate of drug-likeness (QED) is 0.758. The number of hydrogen-bond donors (Lipinski definition) is 1. The maximum atomic E-state index is 12.6. The van der Waals surface area contributed by atoms with Gasteiger partial charge in [-0.05, 0) is 29.8 Å². The van der Waals surface area contributed by atoms with Gasteiger partial charge < -0.3 is 5.32 Å². The first-order chi connectivity index (χ1) is 12.4. The predicted octanol–water partition coefficient (Wildman–Crippen LogP) is 3.47. The third-order valence-corrected chi connectivity index (χ3v) is 3.79. The summed E-state index contributed by atoms with van der Waals surface area (Å²) >= 11 is 0. The topological polar surface area (TPSA) is 59.8 Å². The smallest absolute Gasteiger partial charge is 0.343 e. The highest BCUT2D eigenvalue weighted by atomic mass is 19.4. The average Bonchev–Trinajstić information content (AvgIpc) is 3.14. The molecule has 3 aromatic rings. The van der Waals surface area contributed by atoms with Crippen LogP contribution in [0.25, 0.3) is 0 Å². The standard InChI is InChI=1S/C18H15F3N4O/c19-18(20,21)15-8-6-14(7-9-15)17(26)24-16(12-25-22-10-11-23-25)13-4-2-1-3-5-13/h1-11,16H,12H2,(H,24,26). The lowest BCUT2D eigenvalue weighted by atomic mass is 10.1. The van der Waals surface area contributed by atoms with Gasteiger partial charge in [0.15, 0.2) is 0 Å². The summed E-state index contributed by atoms with van der Waals surface area (Å²) in [6.45, 7) is 0.295. The van der Waals surface area contributed by atoms with Gasteiger partial charge in [0.2, 0.25) is 0 Å². The molecule has 1 unspecified atom stereocenters. The van der Waals surface area contributed by atoms with Crippen LogP contribution in [0.5, 0.6) is 0 Å². The molecule has 8 heteroatoms. The molecule has 0 fully saturated rings. The second-order valence-corrected chi connectivity index (χ2v) is 5.60. The predicted molar refractivity (Wildman–Crippen MR) is 88.1 cm³/mol. The van der Waals surface area contributed by atoms with Gasteiger partial charge >= 0.3 is 6.18 Å². The number of aromatic nitrogens is 3. The lowest BCUT2D eigenvalue weighted by molar-refractivity contribution is -0.137. The summed E-state index contributed by atoms with van der Waals surface area (Å²) in [5, 5.41) is 10.9. The van der Waals surface area contributed by atoms with Crippen molar-refractivity contribution in [3.05, 3.63) is 83.7 Å². The SMILES string of the molecule is O=C(NC(Cn1nccn1)c1ccccc1)c1ccc(C(F)(F)F)cc1. The van der Waals surface area contributed by atoms with E-state index in [1.165, 1.54) is 17.2 Å². The molecule has 5 nitrogen and oxygen atoms in total. The van der Waals surface area contributed by atoms with Gasteiger partial charge in [0.05, 0.1) is 30.5 Å². The zero-order valence-electron chi connectivity index (χ0n) is 13.5. The van der Waals surface area contributed by atoms with E-state index in [2.05, 4.69) is 15.5 Å². The molecule has 1 aromatic heterocycles. The Bertz CT molecular complexity index is 846. The highest BCUT2D eigenvalue weighted by Crippen LogP contribution is 2.29. The van der Waals surface area contributed by atoms with Gasteiger partial charge in [0.1, 0.15) is 0 Å². The van der Waals surface area contributed by atoms with Gasteiger partial charge in [-0.2, -0.15) is 28.2 Å². The summed E-state index contributed by atoms with van der Waals surface area (Å²) in [6.07, 6.45) is -1.38. The van der Waals surface area contributed by atoms with Crippen LogP contribution in [0.1, 0.15) is 27.5 Å². The van der Waals surface area contributed by atoms with Crippen molar-refractivity contribution in [3.63, 3.8) is 0 Å². The van der Waals surface area contributed by atoms with E-state index < -0.39 is 23.7 Å². The summed E-state index contributed by atoms with van der Waals surface area (Å²) < 4.78 is 37.9. The molecule has 134 valence electrons. The molecule has 1 heterocycles. The number of halogens is 3. The molecule has 2 aromatic carbocycles. The van der Waals surface area contributed by atoms with Crippen molar-refractivity contribution < 1.29 is 18.0 Å². The van der Waals surface area contributed by atoms with Crippen molar-refractivity contribution in [1.29, 1.82) is 0 Å². The molecule has 1 atom stereocenters. The number of nitrogens with zero attached hydrogens (tertiary/aromatic N) is 3. The van der Waals surface area contributed by atoms with E-state index in [0.29, 0.717) is 6.54 Å². The normalized spacial score (nSPS) is 12.6. The van der Waals surface area contributed by atoms with Crippen LogP contribution in [-0.4, -0.2) is 20.9 Å². The minimum Gasteiger partial charge on any atom is -0.343 e. The van der Waals surface area contributed by atoms with Gasteiger partial charge in [-0.25, -0.2) is 0 Å². The minimum absolute atomic E-state index is 0.146. The second kappa shape index (κ2) is 7.38. The van der Waals surface area contributed by atoms with Gasteiger partial charge in [0, 0.05) is 5.56 Å². The summed E-state index contributed by atoms with van der Waals surface area (Å²) in [5.74, 6) is -0.472. The van der Waals surface area contributed by atoms with Gasteiger partial charge in [-0.15, -0.1) is 0 Å². The number of nitrogens with one attached hydrogen (secondary N) is 1. The van der Waals surface area contributed by atoms with Crippen molar-refractivity contribution in [2.75, 3.05) is 0 Å². The number of hydrogen-bond acceptors (Lipinski definition) is 3. The van der Waals surface area contributed by atoms with Gasteiger partial charge in [0.25, 0.3) is 5.91 Å². The summed E-state index contributed by atoms with van der Waals surface area (Å²) in [5.41, 5.74) is 0.187. The van der Waals surface area contributed by atoms with Crippen molar-refractivity contribution in [2.24, 2.45) is 0 Å². The molecule has 0 aliphatic rings. The molecule has 3 rings (SSSR count). The third kappa shape index (κ3) is 4.27. The Balaban J connectivity index is 1.78. The van der Waals surface area contributed by atoms with Gasteiger partial charge in [-0.1, -0.05) is 30.3 Å². The van der Waals surface area contributed by atoms with Crippen LogP contribution >= 0.6 is 0 Å². The molecule has 1 amide bonds. The fourth-order valence-corrected chi connectivity index (χ4v) is 2.47. The first kappa shape index (κ1) is 17.7. The fraction of sp³-hybridized carbons (Fsp3) is 0.167. The number of amides is 1. The largest absolute Gasteiger partial charge is 0.416 e. The van der Waals surface area contributed by atoms with Gasteiger partial charge in [-0.3, -0.25) is 4.79 Å². The number of rotatable bonds is 5. The second-order valence-electron chi connectivity index (χ2n) is 5.60. The Morgan fingerprint density at radius 1 is 1.00 bits per heavy atom.